The number of carbonyl (C=O) groups excluding carboxylic acids is 1. The Morgan fingerprint density at radius 3 is 2.59 bits per heavy atom. The van der Waals surface area contributed by atoms with Crippen LogP contribution in [0.5, 0.6) is 0 Å². The van der Waals surface area contributed by atoms with Crippen molar-refractivity contribution < 1.29 is 9.53 Å². The van der Waals surface area contributed by atoms with Crippen molar-refractivity contribution in [1.82, 2.24) is 9.97 Å². The van der Waals surface area contributed by atoms with Crippen molar-refractivity contribution in [2.45, 2.75) is 6.92 Å². The van der Waals surface area contributed by atoms with Gasteiger partial charge in [-0.2, -0.15) is 0 Å². The molecule has 1 heterocycles. The van der Waals surface area contributed by atoms with Gasteiger partial charge in [0.25, 0.3) is 0 Å². The molecule has 3 rings (SSSR count). The summed E-state index contributed by atoms with van der Waals surface area (Å²) in [6.45, 7) is 2.01. The molecule has 0 unspecified atom stereocenters. The van der Waals surface area contributed by atoms with Gasteiger partial charge in [0.15, 0.2) is 0 Å². The van der Waals surface area contributed by atoms with E-state index in [9.17, 15) is 4.79 Å². The Hall–Kier alpha value is -3.12. The van der Waals surface area contributed by atoms with Gasteiger partial charge in [0.1, 0.15) is 18.2 Å². The first-order valence-electron chi connectivity index (χ1n) is 8.42. The van der Waals surface area contributed by atoms with Gasteiger partial charge in [-0.05, 0) is 25.1 Å². The summed E-state index contributed by atoms with van der Waals surface area (Å²) < 4.78 is 4.91. The van der Waals surface area contributed by atoms with Gasteiger partial charge in [0.2, 0.25) is 0 Å². The molecule has 3 aromatic rings. The van der Waals surface area contributed by atoms with Gasteiger partial charge in [-0.1, -0.05) is 36.4 Å². The zero-order chi connectivity index (χ0) is 19.1. The lowest BCUT2D eigenvalue weighted by molar-refractivity contribution is 0.168. The van der Waals surface area contributed by atoms with Crippen LogP contribution in [0.3, 0.4) is 0 Å². The van der Waals surface area contributed by atoms with Crippen LogP contribution < -0.4 is 10.6 Å². The Labute approximate surface area is 162 Å². The number of ether oxygens (including phenoxy) is 1. The second-order valence-electron chi connectivity index (χ2n) is 5.71. The minimum absolute atomic E-state index is 0.161. The quantitative estimate of drug-likeness (QED) is 0.588. The van der Waals surface area contributed by atoms with Gasteiger partial charge >= 0.3 is 6.09 Å². The van der Waals surface area contributed by atoms with Gasteiger partial charge in [0.05, 0.1) is 11.6 Å². The Kier molecular flexibility index (Phi) is 6.22. The number of amides is 1. The molecule has 138 valence electrons. The van der Waals surface area contributed by atoms with Gasteiger partial charge in [0, 0.05) is 23.0 Å². The van der Waals surface area contributed by atoms with Crippen LogP contribution in [-0.2, 0) is 4.74 Å². The highest BCUT2D eigenvalue weighted by Crippen LogP contribution is 2.23. The molecule has 0 bridgehead atoms. The lowest BCUT2D eigenvalue weighted by Gasteiger charge is -2.11. The fraction of sp³-hybridized carbons (Fsp3) is 0.150. The summed E-state index contributed by atoms with van der Waals surface area (Å²) in [5, 5.41) is 5.91. The lowest BCUT2D eigenvalue weighted by atomic mass is 10.1. The molecule has 0 saturated carbocycles. The molecule has 6 nitrogen and oxygen atoms in total. The highest BCUT2D eigenvalue weighted by atomic mass is 35.5. The zero-order valence-electron chi connectivity index (χ0n) is 14.8. The maximum atomic E-state index is 11.7. The highest BCUT2D eigenvalue weighted by Gasteiger charge is 2.07. The van der Waals surface area contributed by atoms with E-state index in [1.807, 2.05) is 55.5 Å². The van der Waals surface area contributed by atoms with E-state index in [1.54, 1.807) is 12.1 Å². The number of aryl methyl sites for hydroxylation is 1. The molecule has 0 fully saturated rings. The van der Waals surface area contributed by atoms with E-state index in [4.69, 9.17) is 16.3 Å². The molecule has 1 aromatic heterocycles. The molecule has 0 saturated heterocycles. The SMILES string of the molecule is Cc1nc(Nc2cccc(NC(=O)OCCCl)c2)cc(-c2ccccc2)n1. The monoisotopic (exact) mass is 382 g/mol. The van der Waals surface area contributed by atoms with Crippen LogP contribution in [-0.4, -0.2) is 28.5 Å². The van der Waals surface area contributed by atoms with Gasteiger partial charge in [-0.3, -0.25) is 5.32 Å². The van der Waals surface area contributed by atoms with Crippen LogP contribution in [0.4, 0.5) is 22.0 Å². The Balaban J connectivity index is 1.76. The third kappa shape index (κ3) is 5.43. The van der Waals surface area contributed by atoms with E-state index >= 15 is 0 Å². The fourth-order valence-electron chi connectivity index (χ4n) is 2.50. The summed E-state index contributed by atoms with van der Waals surface area (Å²) in [7, 11) is 0. The highest BCUT2D eigenvalue weighted by molar-refractivity contribution is 6.18. The second-order valence-corrected chi connectivity index (χ2v) is 6.09. The third-order valence-electron chi connectivity index (χ3n) is 3.60. The lowest BCUT2D eigenvalue weighted by Crippen LogP contribution is -2.14. The van der Waals surface area contributed by atoms with Crippen LogP contribution in [0.1, 0.15) is 5.82 Å². The van der Waals surface area contributed by atoms with Crippen molar-refractivity contribution in [3.8, 4) is 11.3 Å². The van der Waals surface area contributed by atoms with E-state index in [0.717, 1.165) is 16.9 Å². The molecule has 0 aliphatic carbocycles. The molecule has 0 aliphatic rings. The van der Waals surface area contributed by atoms with E-state index in [0.29, 0.717) is 17.3 Å². The molecule has 0 spiro atoms. The molecule has 27 heavy (non-hydrogen) atoms. The van der Waals surface area contributed by atoms with E-state index < -0.39 is 6.09 Å². The summed E-state index contributed by atoms with van der Waals surface area (Å²) in [4.78, 5) is 20.6. The zero-order valence-corrected chi connectivity index (χ0v) is 15.5. The van der Waals surface area contributed by atoms with Gasteiger partial charge < -0.3 is 10.1 Å². The number of nitrogens with one attached hydrogen (secondary N) is 2. The van der Waals surface area contributed by atoms with Crippen molar-refractivity contribution in [2.24, 2.45) is 0 Å². The van der Waals surface area contributed by atoms with E-state index in [-0.39, 0.29) is 12.5 Å². The number of benzene rings is 2. The Bertz CT molecular complexity index is 919. The summed E-state index contributed by atoms with van der Waals surface area (Å²) in [6, 6.07) is 19.1. The molecular weight excluding hydrogens is 364 g/mol. The smallest absolute Gasteiger partial charge is 0.411 e. The molecule has 2 aromatic carbocycles. The first kappa shape index (κ1) is 18.7. The van der Waals surface area contributed by atoms with Crippen molar-refractivity contribution in [3.63, 3.8) is 0 Å². The number of anilines is 3. The maximum Gasteiger partial charge on any atom is 0.411 e. The Morgan fingerprint density at radius 2 is 1.81 bits per heavy atom. The molecular formula is C20H19ClN4O2. The minimum atomic E-state index is -0.544. The number of alkyl halides is 1. The van der Waals surface area contributed by atoms with Crippen molar-refractivity contribution in [3.05, 3.63) is 66.5 Å². The molecule has 0 atom stereocenters. The first-order chi connectivity index (χ1) is 13.1. The van der Waals surface area contributed by atoms with Crippen LogP contribution >= 0.6 is 11.6 Å². The van der Waals surface area contributed by atoms with Crippen LogP contribution in [0.2, 0.25) is 0 Å². The normalized spacial score (nSPS) is 10.3. The van der Waals surface area contributed by atoms with Crippen LogP contribution in [0.25, 0.3) is 11.3 Å². The summed E-state index contributed by atoms with van der Waals surface area (Å²) in [5.41, 5.74) is 3.24. The number of nitrogens with zero attached hydrogens (tertiary/aromatic N) is 2. The summed E-state index contributed by atoms with van der Waals surface area (Å²) in [5.74, 6) is 1.59. The predicted octanol–water partition coefficient (Wildman–Crippen LogP) is 4.98. The standard InChI is InChI=1S/C20H19ClN4O2/c1-14-22-18(15-6-3-2-4-7-15)13-19(23-14)24-16-8-5-9-17(12-16)25-20(26)27-11-10-21/h2-9,12-13H,10-11H2,1H3,(H,25,26)(H,22,23,24). The minimum Gasteiger partial charge on any atom is -0.448 e. The summed E-state index contributed by atoms with van der Waals surface area (Å²) >= 11 is 5.51. The van der Waals surface area contributed by atoms with Crippen LogP contribution in [0, 0.1) is 6.92 Å². The van der Waals surface area contributed by atoms with Crippen molar-refractivity contribution in [2.75, 3.05) is 23.1 Å². The number of hydrogen-bond donors (Lipinski definition) is 2. The number of halogens is 1. The van der Waals surface area contributed by atoms with Gasteiger partial charge in [-0.25, -0.2) is 14.8 Å². The number of carbonyl (C=O) groups is 1. The van der Waals surface area contributed by atoms with Gasteiger partial charge in [-0.15, -0.1) is 11.6 Å². The largest absolute Gasteiger partial charge is 0.448 e. The number of aromatic nitrogens is 2. The average molecular weight is 383 g/mol. The fourth-order valence-corrected chi connectivity index (χ4v) is 2.57. The molecule has 7 heteroatoms. The second kappa shape index (κ2) is 9.00. The molecule has 0 radical (unpaired) electrons. The summed E-state index contributed by atoms with van der Waals surface area (Å²) in [6.07, 6.45) is -0.544. The number of hydrogen-bond acceptors (Lipinski definition) is 5. The van der Waals surface area contributed by atoms with Crippen molar-refractivity contribution >= 4 is 34.9 Å². The van der Waals surface area contributed by atoms with E-state index in [2.05, 4.69) is 20.6 Å². The third-order valence-corrected chi connectivity index (χ3v) is 3.75. The molecule has 2 N–H and O–H groups in total. The van der Waals surface area contributed by atoms with Crippen LogP contribution in [0.15, 0.2) is 60.7 Å². The molecule has 1 amide bonds. The average Bonchev–Trinajstić information content (AvgIpc) is 2.67. The van der Waals surface area contributed by atoms with E-state index in [1.165, 1.54) is 0 Å². The first-order valence-corrected chi connectivity index (χ1v) is 8.95. The topological polar surface area (TPSA) is 76.1 Å². The Morgan fingerprint density at radius 1 is 1.04 bits per heavy atom. The number of rotatable bonds is 6. The maximum absolute atomic E-state index is 11.7. The molecule has 0 aliphatic heterocycles. The predicted molar refractivity (Wildman–Crippen MR) is 108 cm³/mol. The van der Waals surface area contributed by atoms with Crippen molar-refractivity contribution in [1.29, 1.82) is 0 Å².